The number of nitrogens with one attached hydrogen (secondary N) is 1. The molecule has 1 aromatic rings. The van der Waals surface area contributed by atoms with E-state index in [1.165, 1.54) is 0 Å². The van der Waals surface area contributed by atoms with Gasteiger partial charge < -0.3 is 16.2 Å². The molecule has 0 spiro atoms. The second kappa shape index (κ2) is 5.09. The van der Waals surface area contributed by atoms with Crippen LogP contribution in [0.15, 0.2) is 30.3 Å². The minimum atomic E-state index is -0.925. The summed E-state index contributed by atoms with van der Waals surface area (Å²) < 4.78 is 0. The normalized spacial score (nSPS) is 13.2. The number of carbonyl (C=O) groups is 1. The van der Waals surface area contributed by atoms with Crippen LogP contribution in [-0.2, 0) is 4.79 Å². The standard InChI is InChI=1S/C12H18N2O2/c1-12(2,16)8-14-11(15)10(13)9-6-4-3-5-7-9/h3-7,10,16H,8,13H2,1-2H3,(H,14,15)/t10-/m0/s1. The second-order valence-electron chi connectivity index (χ2n) is 4.42. The zero-order chi connectivity index (χ0) is 12.2. The van der Waals surface area contributed by atoms with Crippen LogP contribution in [0.4, 0.5) is 0 Å². The van der Waals surface area contributed by atoms with E-state index >= 15 is 0 Å². The molecule has 0 saturated carbocycles. The molecule has 1 aromatic carbocycles. The SMILES string of the molecule is CC(C)(O)CNC(=O)[C@@H](N)c1ccccc1. The lowest BCUT2D eigenvalue weighted by molar-refractivity contribution is -0.123. The van der Waals surface area contributed by atoms with E-state index < -0.39 is 11.6 Å². The molecule has 0 aliphatic carbocycles. The molecule has 4 nitrogen and oxygen atoms in total. The third kappa shape index (κ3) is 4.00. The number of hydrogen-bond acceptors (Lipinski definition) is 3. The van der Waals surface area contributed by atoms with Gasteiger partial charge in [0.2, 0.25) is 5.91 Å². The molecular formula is C12H18N2O2. The summed E-state index contributed by atoms with van der Waals surface area (Å²) in [6.07, 6.45) is 0. The van der Waals surface area contributed by atoms with E-state index in [2.05, 4.69) is 5.32 Å². The number of benzene rings is 1. The molecule has 1 rings (SSSR count). The molecule has 0 saturated heterocycles. The monoisotopic (exact) mass is 222 g/mol. The zero-order valence-corrected chi connectivity index (χ0v) is 9.60. The van der Waals surface area contributed by atoms with E-state index in [1.807, 2.05) is 18.2 Å². The van der Waals surface area contributed by atoms with Crippen molar-refractivity contribution < 1.29 is 9.90 Å². The smallest absolute Gasteiger partial charge is 0.241 e. The van der Waals surface area contributed by atoms with Gasteiger partial charge >= 0.3 is 0 Å². The molecule has 1 amide bonds. The van der Waals surface area contributed by atoms with Crippen LogP contribution < -0.4 is 11.1 Å². The third-order valence-corrected chi connectivity index (χ3v) is 2.14. The van der Waals surface area contributed by atoms with E-state index in [1.54, 1.807) is 26.0 Å². The first-order valence-corrected chi connectivity index (χ1v) is 5.21. The quantitative estimate of drug-likeness (QED) is 0.697. The van der Waals surface area contributed by atoms with Gasteiger partial charge in [-0.25, -0.2) is 0 Å². The number of aliphatic hydroxyl groups is 1. The molecule has 4 N–H and O–H groups in total. The Morgan fingerprint density at radius 2 is 2.00 bits per heavy atom. The predicted molar refractivity (Wildman–Crippen MR) is 62.7 cm³/mol. The van der Waals surface area contributed by atoms with Gasteiger partial charge in [0.25, 0.3) is 0 Å². The Bertz CT molecular complexity index is 344. The van der Waals surface area contributed by atoms with Crippen LogP contribution in [0, 0.1) is 0 Å². The van der Waals surface area contributed by atoms with Gasteiger partial charge in [-0.3, -0.25) is 4.79 Å². The first-order chi connectivity index (χ1) is 7.40. The summed E-state index contributed by atoms with van der Waals surface area (Å²) in [5.41, 5.74) is 5.61. The van der Waals surface area contributed by atoms with Crippen LogP contribution in [0.5, 0.6) is 0 Å². The van der Waals surface area contributed by atoms with Crippen LogP contribution in [0.3, 0.4) is 0 Å². The van der Waals surface area contributed by atoms with Gasteiger partial charge in [0.05, 0.1) is 5.60 Å². The van der Waals surface area contributed by atoms with Crippen molar-refractivity contribution in [2.75, 3.05) is 6.54 Å². The van der Waals surface area contributed by atoms with Gasteiger partial charge in [0.1, 0.15) is 6.04 Å². The number of carbonyl (C=O) groups excluding carboxylic acids is 1. The summed E-state index contributed by atoms with van der Waals surface area (Å²) >= 11 is 0. The molecule has 0 bridgehead atoms. The summed E-state index contributed by atoms with van der Waals surface area (Å²) in [5, 5.41) is 12.1. The maximum absolute atomic E-state index is 11.6. The van der Waals surface area contributed by atoms with Gasteiger partial charge in [-0.1, -0.05) is 30.3 Å². The summed E-state index contributed by atoms with van der Waals surface area (Å²) in [6.45, 7) is 3.44. The Balaban J connectivity index is 2.55. The van der Waals surface area contributed by atoms with Gasteiger partial charge in [0, 0.05) is 6.54 Å². The number of hydrogen-bond donors (Lipinski definition) is 3. The number of nitrogens with two attached hydrogens (primary N) is 1. The lowest BCUT2D eigenvalue weighted by Crippen LogP contribution is -2.42. The van der Waals surface area contributed by atoms with Gasteiger partial charge in [0.15, 0.2) is 0 Å². The van der Waals surface area contributed by atoms with Crippen LogP contribution in [-0.4, -0.2) is 23.2 Å². The highest BCUT2D eigenvalue weighted by atomic mass is 16.3. The highest BCUT2D eigenvalue weighted by Gasteiger charge is 2.18. The van der Waals surface area contributed by atoms with Gasteiger partial charge in [-0.2, -0.15) is 0 Å². The van der Waals surface area contributed by atoms with Crippen molar-refractivity contribution in [2.45, 2.75) is 25.5 Å². The largest absolute Gasteiger partial charge is 0.389 e. The average Bonchev–Trinajstić information content (AvgIpc) is 2.25. The zero-order valence-electron chi connectivity index (χ0n) is 9.60. The Morgan fingerprint density at radius 3 is 2.50 bits per heavy atom. The predicted octanol–water partition coefficient (Wildman–Crippen LogP) is 0.573. The van der Waals surface area contributed by atoms with Crippen LogP contribution in [0.1, 0.15) is 25.5 Å². The highest BCUT2D eigenvalue weighted by molar-refractivity contribution is 5.82. The fraction of sp³-hybridized carbons (Fsp3) is 0.417. The van der Waals surface area contributed by atoms with Crippen LogP contribution >= 0.6 is 0 Å². The molecule has 0 unspecified atom stereocenters. The summed E-state index contributed by atoms with van der Waals surface area (Å²) in [4.78, 5) is 11.6. The van der Waals surface area contributed by atoms with Crippen LogP contribution in [0.2, 0.25) is 0 Å². The minimum Gasteiger partial charge on any atom is -0.389 e. The topological polar surface area (TPSA) is 75.3 Å². The Labute approximate surface area is 95.5 Å². The van der Waals surface area contributed by atoms with Crippen molar-refractivity contribution in [1.82, 2.24) is 5.32 Å². The van der Waals surface area contributed by atoms with E-state index in [0.717, 1.165) is 5.56 Å². The van der Waals surface area contributed by atoms with E-state index in [9.17, 15) is 9.90 Å². The summed E-state index contributed by atoms with van der Waals surface area (Å²) in [7, 11) is 0. The molecule has 88 valence electrons. The molecule has 0 fully saturated rings. The highest BCUT2D eigenvalue weighted by Crippen LogP contribution is 2.09. The van der Waals surface area contributed by atoms with Crippen molar-refractivity contribution in [3.63, 3.8) is 0 Å². The molecule has 0 aliphatic heterocycles. The number of rotatable bonds is 4. The lowest BCUT2D eigenvalue weighted by atomic mass is 10.1. The van der Waals surface area contributed by atoms with Gasteiger partial charge in [-0.15, -0.1) is 0 Å². The first-order valence-electron chi connectivity index (χ1n) is 5.21. The molecule has 0 aliphatic rings. The van der Waals surface area contributed by atoms with E-state index in [4.69, 9.17) is 5.73 Å². The Kier molecular flexibility index (Phi) is 4.04. The Morgan fingerprint density at radius 1 is 1.44 bits per heavy atom. The van der Waals surface area contributed by atoms with E-state index in [0.29, 0.717) is 0 Å². The fourth-order valence-corrected chi connectivity index (χ4v) is 1.23. The van der Waals surface area contributed by atoms with E-state index in [-0.39, 0.29) is 12.5 Å². The fourth-order valence-electron chi connectivity index (χ4n) is 1.23. The molecule has 0 radical (unpaired) electrons. The summed E-state index contributed by atoms with van der Waals surface area (Å²) in [6, 6.07) is 8.44. The molecule has 0 heterocycles. The number of amides is 1. The lowest BCUT2D eigenvalue weighted by Gasteiger charge is -2.19. The molecule has 16 heavy (non-hydrogen) atoms. The average molecular weight is 222 g/mol. The maximum Gasteiger partial charge on any atom is 0.241 e. The van der Waals surface area contributed by atoms with Crippen molar-refractivity contribution in [1.29, 1.82) is 0 Å². The van der Waals surface area contributed by atoms with Crippen molar-refractivity contribution in [3.05, 3.63) is 35.9 Å². The minimum absolute atomic E-state index is 0.187. The first kappa shape index (κ1) is 12.7. The maximum atomic E-state index is 11.6. The molecular weight excluding hydrogens is 204 g/mol. The second-order valence-corrected chi connectivity index (χ2v) is 4.42. The molecule has 4 heteroatoms. The van der Waals surface area contributed by atoms with Crippen molar-refractivity contribution in [3.8, 4) is 0 Å². The molecule has 1 atom stereocenters. The van der Waals surface area contributed by atoms with Crippen molar-refractivity contribution >= 4 is 5.91 Å². The summed E-state index contributed by atoms with van der Waals surface area (Å²) in [5.74, 6) is -0.284. The van der Waals surface area contributed by atoms with Gasteiger partial charge in [-0.05, 0) is 19.4 Å². The third-order valence-electron chi connectivity index (χ3n) is 2.14. The Hall–Kier alpha value is -1.39. The van der Waals surface area contributed by atoms with Crippen LogP contribution in [0.25, 0.3) is 0 Å². The van der Waals surface area contributed by atoms with Crippen molar-refractivity contribution in [2.24, 2.45) is 5.73 Å². The molecule has 0 aromatic heterocycles.